The molecule has 0 saturated carbocycles. The number of nitrogens with two attached hydrogens (primary N) is 1. The molecule has 0 aliphatic carbocycles. The zero-order chi connectivity index (χ0) is 13.5. The van der Waals surface area contributed by atoms with E-state index in [0.29, 0.717) is 19.0 Å². The molecule has 1 aromatic rings. The number of amides is 1. The Bertz CT molecular complexity index is 424. The highest BCUT2D eigenvalue weighted by Gasteiger charge is 2.13. The summed E-state index contributed by atoms with van der Waals surface area (Å²) in [6.07, 6.45) is 2.35. The maximum atomic E-state index is 13.2. The molecule has 0 fully saturated rings. The SMILES string of the molecule is NCCCCCC(=O)Nc1cc(F)cc(F)c1F. The van der Waals surface area contributed by atoms with E-state index in [1.165, 1.54) is 0 Å². The summed E-state index contributed by atoms with van der Waals surface area (Å²) in [5.41, 5.74) is 4.81. The lowest BCUT2D eigenvalue weighted by molar-refractivity contribution is -0.116. The summed E-state index contributed by atoms with van der Waals surface area (Å²) in [7, 11) is 0. The van der Waals surface area contributed by atoms with E-state index < -0.39 is 29.0 Å². The number of unbranched alkanes of at least 4 members (excludes halogenated alkanes) is 2. The zero-order valence-corrected chi connectivity index (χ0v) is 9.81. The molecule has 1 aromatic carbocycles. The van der Waals surface area contributed by atoms with Gasteiger partial charge in [0.25, 0.3) is 0 Å². The number of anilines is 1. The van der Waals surface area contributed by atoms with Crippen molar-refractivity contribution in [3.8, 4) is 0 Å². The number of benzene rings is 1. The summed E-state index contributed by atoms with van der Waals surface area (Å²) in [6, 6.07) is 1.17. The van der Waals surface area contributed by atoms with Crippen molar-refractivity contribution < 1.29 is 18.0 Å². The van der Waals surface area contributed by atoms with Crippen molar-refractivity contribution in [3.63, 3.8) is 0 Å². The number of nitrogens with one attached hydrogen (secondary N) is 1. The van der Waals surface area contributed by atoms with E-state index in [-0.39, 0.29) is 6.42 Å². The van der Waals surface area contributed by atoms with Crippen LogP contribution >= 0.6 is 0 Å². The van der Waals surface area contributed by atoms with Crippen molar-refractivity contribution in [1.29, 1.82) is 0 Å². The largest absolute Gasteiger partial charge is 0.330 e. The third-order valence-electron chi connectivity index (χ3n) is 2.38. The van der Waals surface area contributed by atoms with Crippen LogP contribution in [0.3, 0.4) is 0 Å². The van der Waals surface area contributed by atoms with Crippen molar-refractivity contribution in [2.75, 3.05) is 11.9 Å². The lowest BCUT2D eigenvalue weighted by Gasteiger charge is -2.07. The van der Waals surface area contributed by atoms with E-state index in [9.17, 15) is 18.0 Å². The van der Waals surface area contributed by atoms with Gasteiger partial charge in [-0.05, 0) is 19.4 Å². The summed E-state index contributed by atoms with van der Waals surface area (Å²) in [5, 5.41) is 2.14. The maximum absolute atomic E-state index is 13.2. The normalized spacial score (nSPS) is 10.4. The van der Waals surface area contributed by atoms with Crippen LogP contribution < -0.4 is 11.1 Å². The van der Waals surface area contributed by atoms with Crippen LogP contribution in [0.2, 0.25) is 0 Å². The molecule has 0 saturated heterocycles. The molecule has 18 heavy (non-hydrogen) atoms. The van der Waals surface area contributed by atoms with Crippen LogP contribution in [0.25, 0.3) is 0 Å². The zero-order valence-electron chi connectivity index (χ0n) is 9.81. The predicted octanol–water partition coefficient (Wildman–Crippen LogP) is 2.56. The van der Waals surface area contributed by atoms with E-state index in [1.807, 2.05) is 0 Å². The number of rotatable bonds is 6. The number of halogens is 3. The number of carbonyl (C=O) groups is 1. The van der Waals surface area contributed by atoms with Gasteiger partial charge < -0.3 is 11.1 Å². The summed E-state index contributed by atoms with van der Waals surface area (Å²) >= 11 is 0. The lowest BCUT2D eigenvalue weighted by Crippen LogP contribution is -2.13. The Morgan fingerprint density at radius 1 is 1.17 bits per heavy atom. The molecule has 3 nitrogen and oxygen atoms in total. The molecule has 1 amide bonds. The second kappa shape index (κ2) is 7.00. The standard InChI is InChI=1S/C12H15F3N2O/c13-8-6-9(14)12(15)10(7-8)17-11(18)4-2-1-3-5-16/h6-7H,1-5,16H2,(H,17,18). The molecule has 100 valence electrons. The monoisotopic (exact) mass is 260 g/mol. The molecule has 0 radical (unpaired) electrons. The van der Waals surface area contributed by atoms with Crippen molar-refractivity contribution in [1.82, 2.24) is 0 Å². The number of hydrogen-bond acceptors (Lipinski definition) is 2. The molecule has 0 bridgehead atoms. The van der Waals surface area contributed by atoms with Crippen LogP contribution in [-0.2, 0) is 4.79 Å². The second-order valence-electron chi connectivity index (χ2n) is 3.90. The average molecular weight is 260 g/mol. The van der Waals surface area contributed by atoms with Crippen LogP contribution in [-0.4, -0.2) is 12.5 Å². The van der Waals surface area contributed by atoms with E-state index in [1.54, 1.807) is 0 Å². The van der Waals surface area contributed by atoms with Gasteiger partial charge in [-0.1, -0.05) is 6.42 Å². The first kappa shape index (κ1) is 14.5. The van der Waals surface area contributed by atoms with Crippen molar-refractivity contribution in [3.05, 3.63) is 29.6 Å². The van der Waals surface area contributed by atoms with Crippen molar-refractivity contribution >= 4 is 11.6 Å². The quantitative estimate of drug-likeness (QED) is 0.610. The van der Waals surface area contributed by atoms with Crippen molar-refractivity contribution in [2.24, 2.45) is 5.73 Å². The Hall–Kier alpha value is -1.56. The van der Waals surface area contributed by atoms with E-state index in [4.69, 9.17) is 5.73 Å². The van der Waals surface area contributed by atoms with Gasteiger partial charge >= 0.3 is 0 Å². The molecule has 3 N–H and O–H groups in total. The Balaban J connectivity index is 2.54. The maximum Gasteiger partial charge on any atom is 0.224 e. The minimum Gasteiger partial charge on any atom is -0.330 e. The van der Waals surface area contributed by atoms with Crippen LogP contribution in [0.5, 0.6) is 0 Å². The summed E-state index contributed by atoms with van der Waals surface area (Å²) in [4.78, 5) is 11.4. The van der Waals surface area contributed by atoms with Gasteiger partial charge in [0, 0.05) is 18.6 Å². The smallest absolute Gasteiger partial charge is 0.224 e. The first-order valence-electron chi connectivity index (χ1n) is 5.69. The van der Waals surface area contributed by atoms with E-state index in [0.717, 1.165) is 18.9 Å². The number of hydrogen-bond donors (Lipinski definition) is 2. The molecule has 0 spiro atoms. The third kappa shape index (κ3) is 4.37. The molecular weight excluding hydrogens is 245 g/mol. The first-order chi connectivity index (χ1) is 8.54. The Labute approximate surface area is 103 Å². The molecule has 0 unspecified atom stereocenters. The van der Waals surface area contributed by atoms with Crippen LogP contribution in [0.15, 0.2) is 12.1 Å². The van der Waals surface area contributed by atoms with Gasteiger partial charge in [0.05, 0.1) is 5.69 Å². The Morgan fingerprint density at radius 3 is 2.56 bits per heavy atom. The molecule has 6 heteroatoms. The minimum absolute atomic E-state index is 0.164. The highest BCUT2D eigenvalue weighted by atomic mass is 19.2. The van der Waals surface area contributed by atoms with Gasteiger partial charge in [0.15, 0.2) is 11.6 Å². The summed E-state index contributed by atoms with van der Waals surface area (Å²) < 4.78 is 38.9. The Kier molecular flexibility index (Phi) is 5.64. The molecule has 0 heterocycles. The molecule has 0 aliphatic rings. The van der Waals surface area contributed by atoms with Gasteiger partial charge in [-0.15, -0.1) is 0 Å². The fraction of sp³-hybridized carbons (Fsp3) is 0.417. The second-order valence-corrected chi connectivity index (χ2v) is 3.90. The molecule has 0 atom stereocenters. The Morgan fingerprint density at radius 2 is 1.89 bits per heavy atom. The van der Waals surface area contributed by atoms with Crippen molar-refractivity contribution in [2.45, 2.75) is 25.7 Å². The first-order valence-corrected chi connectivity index (χ1v) is 5.69. The molecular formula is C12H15F3N2O. The molecule has 1 rings (SSSR count). The summed E-state index contributed by atoms with van der Waals surface area (Å²) in [5.74, 6) is -4.00. The van der Waals surface area contributed by atoms with Gasteiger partial charge in [-0.25, -0.2) is 13.2 Å². The average Bonchev–Trinajstić information content (AvgIpc) is 2.31. The lowest BCUT2D eigenvalue weighted by atomic mass is 10.2. The third-order valence-corrected chi connectivity index (χ3v) is 2.38. The summed E-state index contributed by atoms with van der Waals surface area (Å²) in [6.45, 7) is 0.547. The van der Waals surface area contributed by atoms with Crippen LogP contribution in [0.4, 0.5) is 18.9 Å². The van der Waals surface area contributed by atoms with Gasteiger partial charge in [-0.2, -0.15) is 0 Å². The van der Waals surface area contributed by atoms with Crippen LogP contribution in [0, 0.1) is 17.5 Å². The predicted molar refractivity (Wildman–Crippen MR) is 62.5 cm³/mol. The fourth-order valence-electron chi connectivity index (χ4n) is 1.47. The number of carbonyl (C=O) groups excluding carboxylic acids is 1. The van der Waals surface area contributed by atoms with E-state index in [2.05, 4.69) is 5.32 Å². The van der Waals surface area contributed by atoms with Gasteiger partial charge in [-0.3, -0.25) is 4.79 Å². The minimum atomic E-state index is -1.33. The molecule has 0 aromatic heterocycles. The highest BCUT2D eigenvalue weighted by molar-refractivity contribution is 5.90. The van der Waals surface area contributed by atoms with E-state index >= 15 is 0 Å². The fourth-order valence-corrected chi connectivity index (χ4v) is 1.47. The highest BCUT2D eigenvalue weighted by Crippen LogP contribution is 2.19. The topological polar surface area (TPSA) is 55.1 Å². The molecule has 0 aliphatic heterocycles. The van der Waals surface area contributed by atoms with Gasteiger partial charge in [0.1, 0.15) is 5.82 Å². The van der Waals surface area contributed by atoms with Gasteiger partial charge in [0.2, 0.25) is 5.91 Å². The van der Waals surface area contributed by atoms with Crippen LogP contribution in [0.1, 0.15) is 25.7 Å².